The van der Waals surface area contributed by atoms with E-state index >= 15 is 0 Å². The van der Waals surface area contributed by atoms with Crippen molar-refractivity contribution in [2.24, 2.45) is 0 Å². The number of hydrogen-bond acceptors (Lipinski definition) is 6. The fourth-order valence-corrected chi connectivity index (χ4v) is 3.35. The van der Waals surface area contributed by atoms with Crippen molar-refractivity contribution in [3.8, 4) is 0 Å². The summed E-state index contributed by atoms with van der Waals surface area (Å²) in [6, 6.07) is 11.9. The van der Waals surface area contributed by atoms with Crippen molar-refractivity contribution in [2.75, 3.05) is 36.8 Å². The molecule has 4 rings (SSSR count). The van der Waals surface area contributed by atoms with Gasteiger partial charge in [0.05, 0.1) is 5.52 Å². The van der Waals surface area contributed by atoms with E-state index in [9.17, 15) is 0 Å². The van der Waals surface area contributed by atoms with E-state index < -0.39 is 0 Å². The van der Waals surface area contributed by atoms with Gasteiger partial charge in [-0.2, -0.15) is 4.98 Å². The Morgan fingerprint density at radius 2 is 1.77 bits per heavy atom. The summed E-state index contributed by atoms with van der Waals surface area (Å²) < 4.78 is 0. The number of likely N-dealkylation sites (tertiary alicyclic amines) is 1. The van der Waals surface area contributed by atoms with Gasteiger partial charge >= 0.3 is 0 Å². The van der Waals surface area contributed by atoms with Crippen LogP contribution < -0.4 is 10.6 Å². The number of pyridine rings is 1. The zero-order valence-corrected chi connectivity index (χ0v) is 14.9. The van der Waals surface area contributed by atoms with Crippen LogP contribution in [-0.4, -0.2) is 46.0 Å². The van der Waals surface area contributed by atoms with Crippen LogP contribution in [0.25, 0.3) is 10.9 Å². The number of fused-ring (bicyclic) bond motifs is 1. The molecule has 3 aromatic rings. The number of nitrogens with one attached hydrogen (secondary N) is 2. The van der Waals surface area contributed by atoms with Gasteiger partial charge in [0, 0.05) is 30.0 Å². The standard InChI is InChI=1S/C20H24N6/c1-2-7-18-17(6-1)19(22-10-5-15-26-13-3-4-14-26)25-20(24-18)23-16-8-11-21-12-9-16/h1-2,6-9,11-12H,3-5,10,13-15H2,(H2,21,22,23,24,25). The molecule has 0 saturated carbocycles. The number of anilines is 3. The second-order valence-corrected chi connectivity index (χ2v) is 6.60. The molecule has 0 unspecified atom stereocenters. The van der Waals surface area contributed by atoms with Gasteiger partial charge in [-0.25, -0.2) is 4.98 Å². The third kappa shape index (κ3) is 4.08. The lowest BCUT2D eigenvalue weighted by Gasteiger charge is -2.15. The average molecular weight is 348 g/mol. The summed E-state index contributed by atoms with van der Waals surface area (Å²) in [7, 11) is 0. The Hall–Kier alpha value is -2.73. The van der Waals surface area contributed by atoms with Crippen LogP contribution in [0.15, 0.2) is 48.8 Å². The minimum atomic E-state index is 0.594. The summed E-state index contributed by atoms with van der Waals surface area (Å²) in [6.45, 7) is 4.55. The highest BCUT2D eigenvalue weighted by Crippen LogP contribution is 2.23. The first-order valence-corrected chi connectivity index (χ1v) is 9.28. The van der Waals surface area contributed by atoms with Gasteiger partial charge in [0.2, 0.25) is 5.95 Å². The molecule has 2 N–H and O–H groups in total. The molecule has 6 heteroatoms. The molecular formula is C20H24N6. The molecule has 1 fully saturated rings. The summed E-state index contributed by atoms with van der Waals surface area (Å²) in [5, 5.41) is 7.82. The highest BCUT2D eigenvalue weighted by Gasteiger charge is 2.11. The summed E-state index contributed by atoms with van der Waals surface area (Å²) in [5.41, 5.74) is 1.86. The van der Waals surface area contributed by atoms with E-state index in [1.165, 1.54) is 25.9 Å². The van der Waals surface area contributed by atoms with Crippen molar-refractivity contribution in [3.63, 3.8) is 0 Å². The van der Waals surface area contributed by atoms with E-state index in [1.807, 2.05) is 30.3 Å². The monoisotopic (exact) mass is 348 g/mol. The topological polar surface area (TPSA) is 66.0 Å². The van der Waals surface area contributed by atoms with E-state index in [0.717, 1.165) is 41.9 Å². The van der Waals surface area contributed by atoms with Gasteiger partial charge in [0.1, 0.15) is 5.82 Å². The summed E-state index contributed by atoms with van der Waals surface area (Å²) >= 11 is 0. The van der Waals surface area contributed by atoms with Crippen LogP contribution >= 0.6 is 0 Å². The zero-order valence-electron chi connectivity index (χ0n) is 14.9. The van der Waals surface area contributed by atoms with E-state index in [0.29, 0.717) is 5.95 Å². The fourth-order valence-electron chi connectivity index (χ4n) is 3.35. The molecule has 1 aliphatic heterocycles. The SMILES string of the molecule is c1ccc2c(NCCCN3CCCC3)nc(Nc3ccncc3)nc2c1. The average Bonchev–Trinajstić information content (AvgIpc) is 3.19. The lowest BCUT2D eigenvalue weighted by Crippen LogP contribution is -2.22. The van der Waals surface area contributed by atoms with E-state index in [1.54, 1.807) is 12.4 Å². The van der Waals surface area contributed by atoms with E-state index in [4.69, 9.17) is 4.98 Å². The van der Waals surface area contributed by atoms with Crippen LogP contribution in [-0.2, 0) is 0 Å². The largest absolute Gasteiger partial charge is 0.369 e. The van der Waals surface area contributed by atoms with Crippen molar-refractivity contribution >= 4 is 28.4 Å². The van der Waals surface area contributed by atoms with Crippen molar-refractivity contribution in [3.05, 3.63) is 48.8 Å². The number of hydrogen-bond donors (Lipinski definition) is 2. The third-order valence-electron chi connectivity index (χ3n) is 4.68. The normalized spacial score (nSPS) is 14.6. The van der Waals surface area contributed by atoms with Gasteiger partial charge in [0.25, 0.3) is 0 Å². The van der Waals surface area contributed by atoms with Gasteiger partial charge in [0.15, 0.2) is 0 Å². The van der Waals surface area contributed by atoms with Crippen LogP contribution in [0.3, 0.4) is 0 Å². The Kier molecular flexibility index (Phi) is 5.21. The maximum Gasteiger partial charge on any atom is 0.229 e. The molecular weight excluding hydrogens is 324 g/mol. The molecule has 1 aliphatic rings. The minimum Gasteiger partial charge on any atom is -0.369 e. The van der Waals surface area contributed by atoms with E-state index in [-0.39, 0.29) is 0 Å². The molecule has 0 spiro atoms. The third-order valence-corrected chi connectivity index (χ3v) is 4.68. The molecule has 0 atom stereocenters. The number of nitrogens with zero attached hydrogens (tertiary/aromatic N) is 4. The Bertz CT molecular complexity index is 845. The van der Waals surface area contributed by atoms with Gasteiger partial charge < -0.3 is 15.5 Å². The number of aromatic nitrogens is 3. The van der Waals surface area contributed by atoms with Gasteiger partial charge in [-0.05, 0) is 63.2 Å². The first-order chi connectivity index (χ1) is 12.9. The molecule has 3 heterocycles. The highest BCUT2D eigenvalue weighted by atomic mass is 15.2. The van der Waals surface area contributed by atoms with Crippen LogP contribution in [0.2, 0.25) is 0 Å². The summed E-state index contributed by atoms with van der Waals surface area (Å²) in [5.74, 6) is 1.48. The maximum absolute atomic E-state index is 4.70. The maximum atomic E-state index is 4.70. The van der Waals surface area contributed by atoms with Crippen LogP contribution in [0.4, 0.5) is 17.5 Å². The van der Waals surface area contributed by atoms with Crippen molar-refractivity contribution < 1.29 is 0 Å². The first-order valence-electron chi connectivity index (χ1n) is 9.28. The molecule has 1 saturated heterocycles. The predicted octanol–water partition coefficient (Wildman–Crippen LogP) is 3.67. The smallest absolute Gasteiger partial charge is 0.229 e. The molecule has 1 aromatic carbocycles. The molecule has 0 aliphatic carbocycles. The molecule has 134 valence electrons. The fraction of sp³-hybridized carbons (Fsp3) is 0.350. The second kappa shape index (κ2) is 8.10. The lowest BCUT2D eigenvalue weighted by molar-refractivity contribution is 0.337. The van der Waals surface area contributed by atoms with Crippen LogP contribution in [0.1, 0.15) is 19.3 Å². The van der Waals surface area contributed by atoms with Crippen molar-refractivity contribution in [2.45, 2.75) is 19.3 Å². The lowest BCUT2D eigenvalue weighted by atomic mass is 10.2. The summed E-state index contributed by atoms with van der Waals surface area (Å²) in [4.78, 5) is 15.9. The Balaban J connectivity index is 1.48. The highest BCUT2D eigenvalue weighted by molar-refractivity contribution is 5.90. The zero-order chi connectivity index (χ0) is 17.6. The Labute approximate surface area is 153 Å². The van der Waals surface area contributed by atoms with E-state index in [2.05, 4.69) is 31.6 Å². The number of rotatable bonds is 7. The van der Waals surface area contributed by atoms with Gasteiger partial charge in [-0.1, -0.05) is 12.1 Å². The number of benzene rings is 1. The molecule has 0 bridgehead atoms. The van der Waals surface area contributed by atoms with Gasteiger partial charge in [-0.15, -0.1) is 0 Å². The molecule has 2 aromatic heterocycles. The summed E-state index contributed by atoms with van der Waals surface area (Å²) in [6.07, 6.45) is 7.30. The molecule has 26 heavy (non-hydrogen) atoms. The minimum absolute atomic E-state index is 0.594. The molecule has 0 radical (unpaired) electrons. The van der Waals surface area contributed by atoms with Crippen LogP contribution in [0.5, 0.6) is 0 Å². The van der Waals surface area contributed by atoms with Crippen LogP contribution in [0, 0.1) is 0 Å². The van der Waals surface area contributed by atoms with Crippen molar-refractivity contribution in [1.82, 2.24) is 19.9 Å². The van der Waals surface area contributed by atoms with Gasteiger partial charge in [-0.3, -0.25) is 4.98 Å². The first kappa shape index (κ1) is 16.7. The second-order valence-electron chi connectivity index (χ2n) is 6.60. The molecule has 0 amide bonds. The molecule has 6 nitrogen and oxygen atoms in total. The van der Waals surface area contributed by atoms with Crippen molar-refractivity contribution in [1.29, 1.82) is 0 Å². The number of para-hydroxylation sites is 1. The quantitative estimate of drug-likeness (QED) is 0.635. The Morgan fingerprint density at radius 3 is 2.62 bits per heavy atom. The predicted molar refractivity (Wildman–Crippen MR) is 106 cm³/mol. The Morgan fingerprint density at radius 1 is 0.962 bits per heavy atom.